The van der Waals surface area contributed by atoms with Gasteiger partial charge in [-0.2, -0.15) is 0 Å². The molecule has 2 bridgehead atoms. The molecule has 0 aliphatic carbocycles. The van der Waals surface area contributed by atoms with Crippen LogP contribution in [0.4, 0.5) is 0 Å². The molecule has 2 saturated heterocycles. The molecule has 0 radical (unpaired) electrons. The molecule has 3 rings (SSSR count). The van der Waals surface area contributed by atoms with Crippen molar-refractivity contribution in [3.8, 4) is 0 Å². The van der Waals surface area contributed by atoms with Crippen LogP contribution in [0.15, 0.2) is 24.3 Å². The molecule has 0 aromatic rings. The standard InChI is InChI=1S/C15H15NO7/c1-21-10(17)4-5-11(18)22-7-6-16-14(19)12-8-2-3-9(23-8)13(12)15(16)20/h2-5,8-9,12-13H,6-7H2,1H3/b5-4+/t8-,9+,12?,13?. The van der Waals surface area contributed by atoms with Crippen LogP contribution in [0.1, 0.15) is 0 Å². The maximum Gasteiger partial charge on any atom is 0.331 e. The fourth-order valence-electron chi connectivity index (χ4n) is 3.08. The third-order valence-corrected chi connectivity index (χ3v) is 4.12. The van der Waals surface area contributed by atoms with E-state index in [4.69, 9.17) is 9.47 Å². The molecule has 0 saturated carbocycles. The second-order valence-electron chi connectivity index (χ2n) is 5.35. The molecule has 0 spiro atoms. The lowest BCUT2D eigenvalue weighted by molar-refractivity contribution is -0.147. The van der Waals surface area contributed by atoms with E-state index in [0.29, 0.717) is 0 Å². The molecule has 0 aromatic carbocycles. The van der Waals surface area contributed by atoms with Gasteiger partial charge in [-0.1, -0.05) is 12.2 Å². The summed E-state index contributed by atoms with van der Waals surface area (Å²) in [6, 6.07) is 0. The smallest absolute Gasteiger partial charge is 0.331 e. The normalized spacial score (nSPS) is 31.1. The summed E-state index contributed by atoms with van der Waals surface area (Å²) in [5.41, 5.74) is 0. The number of nitrogens with zero attached hydrogens (tertiary/aromatic N) is 1. The average molecular weight is 321 g/mol. The third-order valence-electron chi connectivity index (χ3n) is 4.12. The number of methoxy groups -OCH3 is 1. The summed E-state index contributed by atoms with van der Waals surface area (Å²) in [6.07, 6.45) is 4.79. The van der Waals surface area contributed by atoms with E-state index in [9.17, 15) is 19.2 Å². The summed E-state index contributed by atoms with van der Waals surface area (Å²) in [5.74, 6) is -2.95. The Morgan fingerprint density at radius 1 is 1.13 bits per heavy atom. The minimum absolute atomic E-state index is 0.0120. The molecule has 2 unspecified atom stereocenters. The second kappa shape index (κ2) is 5.96. The topological polar surface area (TPSA) is 99.2 Å². The Kier molecular flexibility index (Phi) is 3.99. The first-order valence-corrected chi connectivity index (χ1v) is 7.14. The molecule has 3 aliphatic rings. The number of fused-ring (bicyclic) bond motifs is 5. The second-order valence-corrected chi connectivity index (χ2v) is 5.35. The Hall–Kier alpha value is -2.48. The van der Waals surface area contributed by atoms with Crippen molar-refractivity contribution in [2.24, 2.45) is 11.8 Å². The van der Waals surface area contributed by atoms with E-state index in [1.807, 2.05) is 0 Å². The fraction of sp³-hybridized carbons (Fsp3) is 0.467. The van der Waals surface area contributed by atoms with E-state index in [0.717, 1.165) is 17.1 Å². The number of hydrogen-bond acceptors (Lipinski definition) is 7. The number of carbonyl (C=O) groups excluding carboxylic acids is 4. The summed E-state index contributed by atoms with van der Waals surface area (Å²) >= 11 is 0. The quantitative estimate of drug-likeness (QED) is 0.283. The van der Waals surface area contributed by atoms with E-state index in [2.05, 4.69) is 4.74 Å². The predicted molar refractivity (Wildman–Crippen MR) is 73.6 cm³/mol. The van der Waals surface area contributed by atoms with Crippen LogP contribution in [0.3, 0.4) is 0 Å². The number of carbonyl (C=O) groups is 4. The van der Waals surface area contributed by atoms with Gasteiger partial charge in [0.2, 0.25) is 11.8 Å². The van der Waals surface area contributed by atoms with E-state index in [1.165, 1.54) is 7.11 Å². The van der Waals surface area contributed by atoms with E-state index >= 15 is 0 Å². The first-order valence-electron chi connectivity index (χ1n) is 7.14. The van der Waals surface area contributed by atoms with Crippen molar-refractivity contribution >= 4 is 23.8 Å². The molecule has 3 heterocycles. The van der Waals surface area contributed by atoms with Crippen molar-refractivity contribution in [3.63, 3.8) is 0 Å². The van der Waals surface area contributed by atoms with Crippen molar-refractivity contribution in [1.82, 2.24) is 4.90 Å². The van der Waals surface area contributed by atoms with Gasteiger partial charge in [0, 0.05) is 12.2 Å². The zero-order valence-corrected chi connectivity index (χ0v) is 12.3. The summed E-state index contributed by atoms with van der Waals surface area (Å²) in [6.45, 7) is -0.146. The van der Waals surface area contributed by atoms with Gasteiger partial charge in [0.05, 0.1) is 37.7 Å². The summed E-state index contributed by atoms with van der Waals surface area (Å²) in [5, 5.41) is 0. The van der Waals surface area contributed by atoms with Gasteiger partial charge >= 0.3 is 11.9 Å². The van der Waals surface area contributed by atoms with Crippen LogP contribution < -0.4 is 0 Å². The molecule has 3 aliphatic heterocycles. The summed E-state index contributed by atoms with van der Waals surface area (Å²) < 4.78 is 14.7. The highest BCUT2D eigenvalue weighted by molar-refractivity contribution is 6.06. The molecule has 2 fully saturated rings. The maximum atomic E-state index is 12.3. The third kappa shape index (κ3) is 2.65. The SMILES string of the molecule is COC(=O)/C=C/C(=O)OCCN1C(=O)C2C(C1=O)[C@H]1C=C[C@@H]2O1. The highest BCUT2D eigenvalue weighted by Crippen LogP contribution is 2.44. The predicted octanol–water partition coefficient (Wildman–Crippen LogP) is -0.803. The first kappa shape index (κ1) is 15.4. The van der Waals surface area contributed by atoms with Crippen LogP contribution in [0.5, 0.6) is 0 Å². The monoisotopic (exact) mass is 321 g/mol. The minimum atomic E-state index is -0.750. The van der Waals surface area contributed by atoms with Gasteiger partial charge in [-0.25, -0.2) is 9.59 Å². The lowest BCUT2D eigenvalue weighted by Crippen LogP contribution is -2.37. The molecule has 4 atom stereocenters. The Morgan fingerprint density at radius 3 is 2.26 bits per heavy atom. The van der Waals surface area contributed by atoms with Crippen molar-refractivity contribution in [3.05, 3.63) is 24.3 Å². The number of ether oxygens (including phenoxy) is 3. The van der Waals surface area contributed by atoms with E-state index < -0.39 is 23.8 Å². The Bertz CT molecular complexity index is 593. The van der Waals surface area contributed by atoms with Crippen LogP contribution in [-0.2, 0) is 33.4 Å². The van der Waals surface area contributed by atoms with E-state index in [-0.39, 0.29) is 37.2 Å². The molecule has 23 heavy (non-hydrogen) atoms. The zero-order valence-electron chi connectivity index (χ0n) is 12.3. The van der Waals surface area contributed by atoms with Gasteiger partial charge in [0.15, 0.2) is 0 Å². The number of likely N-dealkylation sites (tertiary alicyclic amines) is 1. The molecular weight excluding hydrogens is 306 g/mol. The molecule has 8 heteroatoms. The Morgan fingerprint density at radius 2 is 1.70 bits per heavy atom. The van der Waals surface area contributed by atoms with Crippen LogP contribution in [0.2, 0.25) is 0 Å². The van der Waals surface area contributed by atoms with Gasteiger partial charge in [-0.15, -0.1) is 0 Å². The average Bonchev–Trinajstić information content (AvgIpc) is 3.21. The van der Waals surface area contributed by atoms with Crippen molar-refractivity contribution in [2.45, 2.75) is 12.2 Å². The van der Waals surface area contributed by atoms with Gasteiger partial charge in [0.1, 0.15) is 6.61 Å². The van der Waals surface area contributed by atoms with E-state index in [1.54, 1.807) is 12.2 Å². The van der Waals surface area contributed by atoms with Gasteiger partial charge in [-0.05, 0) is 0 Å². The largest absolute Gasteiger partial charge is 0.466 e. The molecule has 122 valence electrons. The lowest BCUT2D eigenvalue weighted by Gasteiger charge is -2.17. The molecule has 8 nitrogen and oxygen atoms in total. The summed E-state index contributed by atoms with van der Waals surface area (Å²) in [4.78, 5) is 47.9. The van der Waals surface area contributed by atoms with Crippen LogP contribution >= 0.6 is 0 Å². The fourth-order valence-corrected chi connectivity index (χ4v) is 3.08. The summed E-state index contributed by atoms with van der Waals surface area (Å²) in [7, 11) is 1.19. The number of rotatable bonds is 5. The molecular formula is C15H15NO7. The highest BCUT2D eigenvalue weighted by Gasteiger charge is 2.60. The number of amides is 2. The van der Waals surface area contributed by atoms with Crippen molar-refractivity contribution in [1.29, 1.82) is 0 Å². The van der Waals surface area contributed by atoms with Gasteiger partial charge in [0.25, 0.3) is 0 Å². The Labute approximate surface area is 131 Å². The van der Waals surface area contributed by atoms with Crippen molar-refractivity contribution in [2.75, 3.05) is 20.3 Å². The number of imide groups is 1. The lowest BCUT2D eigenvalue weighted by atomic mass is 9.85. The van der Waals surface area contributed by atoms with Crippen LogP contribution in [0.25, 0.3) is 0 Å². The van der Waals surface area contributed by atoms with Gasteiger partial charge in [-0.3, -0.25) is 14.5 Å². The van der Waals surface area contributed by atoms with Crippen molar-refractivity contribution < 1.29 is 33.4 Å². The zero-order chi connectivity index (χ0) is 16.6. The van der Waals surface area contributed by atoms with Gasteiger partial charge < -0.3 is 14.2 Å². The Balaban J connectivity index is 1.51. The van der Waals surface area contributed by atoms with Crippen LogP contribution in [0, 0.1) is 11.8 Å². The molecule has 2 amide bonds. The minimum Gasteiger partial charge on any atom is -0.466 e. The molecule has 0 aromatic heterocycles. The highest BCUT2D eigenvalue weighted by atomic mass is 16.5. The molecule has 0 N–H and O–H groups in total. The van der Waals surface area contributed by atoms with Crippen LogP contribution in [-0.4, -0.2) is 61.1 Å². The maximum absolute atomic E-state index is 12.3. The first-order chi connectivity index (χ1) is 11.0. The number of hydrogen-bond donors (Lipinski definition) is 0. The number of esters is 2.